The molecular formula is C80H143N2O7P. The monoisotopic (exact) mass is 1280 g/mol. The van der Waals surface area contributed by atoms with E-state index < -0.39 is 26.6 Å². The minimum atomic E-state index is -4.71. The van der Waals surface area contributed by atoms with Gasteiger partial charge in [0.2, 0.25) is 5.91 Å². The summed E-state index contributed by atoms with van der Waals surface area (Å²) in [5, 5.41) is 3.05. The van der Waals surface area contributed by atoms with E-state index in [1.54, 1.807) is 0 Å². The fraction of sp³-hybridized carbons (Fsp3) is 0.750. The molecule has 3 atom stereocenters. The number of esters is 1. The van der Waals surface area contributed by atoms with Gasteiger partial charge in [-0.3, -0.25) is 14.2 Å². The van der Waals surface area contributed by atoms with Crippen molar-refractivity contribution in [2.24, 2.45) is 0 Å². The van der Waals surface area contributed by atoms with E-state index in [2.05, 4.69) is 123 Å². The lowest BCUT2D eigenvalue weighted by atomic mass is 10.0. The van der Waals surface area contributed by atoms with Crippen LogP contribution in [0.1, 0.15) is 335 Å². The Morgan fingerprint density at radius 3 is 1.09 bits per heavy atom. The van der Waals surface area contributed by atoms with Gasteiger partial charge in [0.1, 0.15) is 19.3 Å². The Kier molecular flexibility index (Phi) is 66.0. The molecule has 0 rings (SSSR count). The molecule has 90 heavy (non-hydrogen) atoms. The molecule has 1 amide bonds. The first-order chi connectivity index (χ1) is 43.9. The van der Waals surface area contributed by atoms with Gasteiger partial charge in [0.05, 0.1) is 33.8 Å². The molecule has 9 nitrogen and oxygen atoms in total. The first kappa shape index (κ1) is 86.7. The van der Waals surface area contributed by atoms with Crippen molar-refractivity contribution in [1.29, 1.82) is 0 Å². The van der Waals surface area contributed by atoms with Crippen LogP contribution in [-0.2, 0) is 27.9 Å². The zero-order valence-corrected chi connectivity index (χ0v) is 60.5. The fourth-order valence-corrected chi connectivity index (χ4v) is 11.4. The lowest BCUT2D eigenvalue weighted by molar-refractivity contribution is -0.870. The van der Waals surface area contributed by atoms with Crippen molar-refractivity contribution in [3.05, 3.63) is 109 Å². The number of phosphoric acid groups is 1. The number of hydrogen-bond acceptors (Lipinski definition) is 7. The lowest BCUT2D eigenvalue weighted by Crippen LogP contribution is -2.47. The molecule has 0 aromatic heterocycles. The molecule has 0 aliphatic rings. The zero-order valence-electron chi connectivity index (χ0n) is 59.6. The maximum atomic E-state index is 13.6. The van der Waals surface area contributed by atoms with Crippen LogP contribution in [0.25, 0.3) is 0 Å². The summed E-state index contributed by atoms with van der Waals surface area (Å²) < 4.78 is 30.5. The zero-order chi connectivity index (χ0) is 65.6. The number of carbonyl (C=O) groups is 2. The van der Waals surface area contributed by atoms with Crippen LogP contribution in [0, 0.1) is 0 Å². The van der Waals surface area contributed by atoms with E-state index in [4.69, 9.17) is 13.8 Å². The third-order valence-corrected chi connectivity index (χ3v) is 17.4. The molecule has 0 fully saturated rings. The summed E-state index contributed by atoms with van der Waals surface area (Å²) in [7, 11) is 1.18. The van der Waals surface area contributed by atoms with E-state index in [1.807, 2.05) is 33.3 Å². The highest BCUT2D eigenvalue weighted by atomic mass is 31.2. The third-order valence-electron chi connectivity index (χ3n) is 16.4. The fourth-order valence-electron chi connectivity index (χ4n) is 10.7. The summed E-state index contributed by atoms with van der Waals surface area (Å²) in [5.74, 6) is -0.542. The van der Waals surface area contributed by atoms with Crippen LogP contribution in [-0.4, -0.2) is 69.4 Å². The van der Waals surface area contributed by atoms with Crippen molar-refractivity contribution in [1.82, 2.24) is 5.32 Å². The standard InChI is InChI=1S/C80H143N2O7P/c1-7-10-13-16-19-22-25-28-30-32-34-36-38-40-41-43-44-46-48-50-52-54-57-60-63-66-69-72-79(83)81-77(76-88-90(85,86)87-75-74-82(4,5)6)78(71-68-65-62-59-56-27-24-21-18-15-12-9-3)89-80(84)73-70-67-64-61-58-55-53-51-49-47-45-42-39-37-35-33-31-29-26-23-20-17-14-11-8-2/h10,13,19-20,22-23,28-31,34-37,40-41,68,71,77-78H,7-9,11-12,14-18,21,24-27,32-33,38-39,42-67,69-70,72-76H2,1-6H3,(H-,81,83,85,86)/b13-10-,22-19-,23-20-,30-28-,31-29-,36-34-,37-35-,41-40-,71-68+. The molecule has 0 spiro atoms. The molecule has 3 unspecified atom stereocenters. The van der Waals surface area contributed by atoms with Gasteiger partial charge in [0.25, 0.3) is 7.82 Å². The SMILES string of the molecule is CC/C=C\C/C=C\C/C=C\C/C=C\C/C=C\CCCCCCCCCCCCCC(=O)NC(COP(=O)([O-])OCC[N+](C)(C)C)C(/C=C/CCCCCCCCCCCC)OC(=O)CCCCCCCCCCCCCC/C=C\C/C=C\C/C=C\CCCCC. The van der Waals surface area contributed by atoms with E-state index in [9.17, 15) is 19.0 Å². The normalized spacial score (nSPS) is 14.1. The smallest absolute Gasteiger partial charge is 0.306 e. The van der Waals surface area contributed by atoms with Crippen LogP contribution < -0.4 is 10.2 Å². The number of phosphoric ester groups is 1. The summed E-state index contributed by atoms with van der Waals surface area (Å²) in [5.41, 5.74) is 0. The van der Waals surface area contributed by atoms with Crippen LogP contribution in [0.2, 0.25) is 0 Å². The number of likely N-dealkylation sites (N-methyl/N-ethyl adjacent to an activating group) is 1. The topological polar surface area (TPSA) is 114 Å². The summed E-state index contributed by atoms with van der Waals surface area (Å²) in [6, 6.07) is -0.898. The van der Waals surface area contributed by atoms with Gasteiger partial charge in [0.15, 0.2) is 0 Å². The second-order valence-corrected chi connectivity index (χ2v) is 27.8. The molecule has 0 saturated carbocycles. The number of hydrogen-bond donors (Lipinski definition) is 1. The average Bonchev–Trinajstić information content (AvgIpc) is 3.04. The summed E-state index contributed by atoms with van der Waals surface area (Å²) in [4.78, 5) is 40.3. The van der Waals surface area contributed by atoms with E-state index in [0.29, 0.717) is 17.4 Å². The molecule has 0 bridgehead atoms. The van der Waals surface area contributed by atoms with E-state index >= 15 is 0 Å². The van der Waals surface area contributed by atoms with Crippen molar-refractivity contribution in [2.75, 3.05) is 40.9 Å². The second kappa shape index (κ2) is 68.5. The predicted molar refractivity (Wildman–Crippen MR) is 390 cm³/mol. The number of quaternary nitrogens is 1. The highest BCUT2D eigenvalue weighted by Crippen LogP contribution is 2.38. The summed E-state index contributed by atoms with van der Waals surface area (Å²) in [6.07, 6.45) is 95.0. The van der Waals surface area contributed by atoms with Crippen LogP contribution in [0.15, 0.2) is 109 Å². The van der Waals surface area contributed by atoms with Gasteiger partial charge in [-0.25, -0.2) is 0 Å². The van der Waals surface area contributed by atoms with Crippen molar-refractivity contribution in [3.8, 4) is 0 Å². The maximum absolute atomic E-state index is 13.6. The van der Waals surface area contributed by atoms with E-state index in [-0.39, 0.29) is 24.9 Å². The van der Waals surface area contributed by atoms with E-state index in [0.717, 1.165) is 116 Å². The largest absolute Gasteiger partial charge is 0.756 e. The quantitative estimate of drug-likeness (QED) is 0.0212. The molecule has 0 aliphatic carbocycles. The van der Waals surface area contributed by atoms with Crippen molar-refractivity contribution >= 4 is 19.7 Å². The lowest BCUT2D eigenvalue weighted by Gasteiger charge is -2.30. The number of allylic oxidation sites excluding steroid dienone is 17. The van der Waals surface area contributed by atoms with Crippen molar-refractivity contribution in [3.63, 3.8) is 0 Å². The van der Waals surface area contributed by atoms with Gasteiger partial charge in [-0.1, -0.05) is 317 Å². The Balaban J connectivity index is 5.00. The average molecular weight is 1280 g/mol. The molecule has 1 N–H and O–H groups in total. The van der Waals surface area contributed by atoms with Gasteiger partial charge >= 0.3 is 5.97 Å². The molecule has 0 saturated heterocycles. The van der Waals surface area contributed by atoms with Gasteiger partial charge in [-0.05, 0) is 115 Å². The Bertz CT molecular complexity index is 1910. The van der Waals surface area contributed by atoms with Gasteiger partial charge in [-0.2, -0.15) is 0 Å². The maximum Gasteiger partial charge on any atom is 0.306 e. The highest BCUT2D eigenvalue weighted by Gasteiger charge is 2.27. The van der Waals surface area contributed by atoms with Crippen molar-refractivity contribution in [2.45, 2.75) is 348 Å². The number of rotatable bonds is 68. The Morgan fingerprint density at radius 2 is 0.711 bits per heavy atom. The summed E-state index contributed by atoms with van der Waals surface area (Å²) in [6.45, 7) is 6.73. The van der Waals surface area contributed by atoms with E-state index in [1.165, 1.54) is 186 Å². The van der Waals surface area contributed by atoms with Crippen molar-refractivity contribution < 1.29 is 37.3 Å². The predicted octanol–water partition coefficient (Wildman–Crippen LogP) is 23.8. The molecule has 520 valence electrons. The Hall–Kier alpha value is -3.33. The number of carbonyl (C=O) groups excluding carboxylic acids is 2. The molecule has 10 heteroatoms. The van der Waals surface area contributed by atoms with Gasteiger partial charge in [0, 0.05) is 12.8 Å². The third kappa shape index (κ3) is 69.0. The van der Waals surface area contributed by atoms with Crippen LogP contribution in [0.3, 0.4) is 0 Å². The molecule has 0 heterocycles. The number of ether oxygens (including phenoxy) is 1. The first-order valence-electron chi connectivity index (χ1n) is 37.7. The molecule has 0 radical (unpaired) electrons. The van der Waals surface area contributed by atoms with Crippen LogP contribution in [0.4, 0.5) is 0 Å². The second-order valence-electron chi connectivity index (χ2n) is 26.4. The molecular weight excluding hydrogens is 1130 g/mol. The summed E-state index contributed by atoms with van der Waals surface area (Å²) >= 11 is 0. The van der Waals surface area contributed by atoms with Crippen LogP contribution in [0.5, 0.6) is 0 Å². The molecule has 0 aromatic carbocycles. The first-order valence-corrected chi connectivity index (χ1v) is 39.2. The number of unbranched alkanes of at least 4 members (excludes halogenated alkanes) is 36. The highest BCUT2D eigenvalue weighted by molar-refractivity contribution is 7.45. The van der Waals surface area contributed by atoms with Gasteiger partial charge < -0.3 is 28.5 Å². The minimum Gasteiger partial charge on any atom is -0.756 e. The van der Waals surface area contributed by atoms with Gasteiger partial charge in [-0.15, -0.1) is 0 Å². The molecule has 0 aliphatic heterocycles. The number of nitrogens with zero attached hydrogens (tertiary/aromatic N) is 1. The number of nitrogens with one attached hydrogen (secondary N) is 1. The van der Waals surface area contributed by atoms with Crippen LogP contribution >= 0.6 is 7.82 Å². The molecule has 0 aromatic rings. The minimum absolute atomic E-state index is 0.0268. The number of amides is 1. The Morgan fingerprint density at radius 1 is 0.400 bits per heavy atom. The Labute approximate surface area is 557 Å².